The average molecular weight is 259 g/mol. The molecule has 2 aromatic carbocycles. The lowest BCUT2D eigenvalue weighted by molar-refractivity contribution is 0.103. The number of hydrogen-bond acceptors (Lipinski definition) is 1. The van der Waals surface area contributed by atoms with Crippen LogP contribution in [0, 0.1) is 6.92 Å². The third-order valence-corrected chi connectivity index (χ3v) is 3.45. The van der Waals surface area contributed by atoms with Gasteiger partial charge in [-0.05, 0) is 30.5 Å². The molecule has 0 saturated heterocycles. The largest absolute Gasteiger partial charge is 0.289 e. The Hall–Kier alpha value is -1.60. The lowest BCUT2D eigenvalue weighted by Crippen LogP contribution is -2.05. The van der Waals surface area contributed by atoms with Crippen molar-refractivity contribution in [2.24, 2.45) is 0 Å². The van der Waals surface area contributed by atoms with Gasteiger partial charge in [0.1, 0.15) is 0 Å². The molecule has 18 heavy (non-hydrogen) atoms. The van der Waals surface area contributed by atoms with Crippen molar-refractivity contribution in [2.75, 3.05) is 0 Å². The van der Waals surface area contributed by atoms with Crippen LogP contribution in [-0.4, -0.2) is 5.78 Å². The van der Waals surface area contributed by atoms with Gasteiger partial charge in [0.2, 0.25) is 0 Å². The molecule has 2 rings (SSSR count). The molecule has 2 heteroatoms. The molecule has 0 amide bonds. The van der Waals surface area contributed by atoms with Gasteiger partial charge in [0, 0.05) is 16.1 Å². The van der Waals surface area contributed by atoms with Crippen molar-refractivity contribution in [1.82, 2.24) is 0 Å². The maximum atomic E-state index is 12.4. The fourth-order valence-corrected chi connectivity index (χ4v) is 2.15. The van der Waals surface area contributed by atoms with E-state index in [-0.39, 0.29) is 5.78 Å². The zero-order chi connectivity index (χ0) is 13.1. The molecule has 0 atom stereocenters. The summed E-state index contributed by atoms with van der Waals surface area (Å²) in [5.74, 6) is 0.0364. The number of carbonyl (C=O) groups is 1. The third kappa shape index (κ3) is 2.46. The van der Waals surface area contributed by atoms with Crippen molar-refractivity contribution in [3.8, 4) is 0 Å². The summed E-state index contributed by atoms with van der Waals surface area (Å²) in [7, 11) is 0. The van der Waals surface area contributed by atoms with Gasteiger partial charge >= 0.3 is 0 Å². The van der Waals surface area contributed by atoms with Gasteiger partial charge in [-0.2, -0.15) is 0 Å². The normalized spacial score (nSPS) is 10.4. The molecule has 92 valence electrons. The number of hydrogen-bond donors (Lipinski definition) is 0. The van der Waals surface area contributed by atoms with Gasteiger partial charge in [0.15, 0.2) is 5.78 Å². The van der Waals surface area contributed by atoms with Crippen molar-refractivity contribution in [3.05, 3.63) is 69.7 Å². The monoisotopic (exact) mass is 258 g/mol. The second kappa shape index (κ2) is 5.36. The first-order chi connectivity index (χ1) is 8.63. The Bertz CT molecular complexity index is 573. The van der Waals surface area contributed by atoms with Crippen LogP contribution in [0.4, 0.5) is 0 Å². The Morgan fingerprint density at radius 1 is 1.17 bits per heavy atom. The first kappa shape index (κ1) is 12.8. The van der Waals surface area contributed by atoms with Crippen molar-refractivity contribution in [3.63, 3.8) is 0 Å². The van der Waals surface area contributed by atoms with Gasteiger partial charge in [0.05, 0.1) is 0 Å². The smallest absolute Gasteiger partial charge is 0.193 e. The summed E-state index contributed by atoms with van der Waals surface area (Å²) >= 11 is 6.12. The van der Waals surface area contributed by atoms with Crippen LogP contribution in [0.25, 0.3) is 0 Å². The molecule has 0 N–H and O–H groups in total. The van der Waals surface area contributed by atoms with Crippen LogP contribution in [0.1, 0.15) is 34.0 Å². The molecule has 0 aromatic heterocycles. The average Bonchev–Trinajstić information content (AvgIpc) is 2.41. The molecule has 0 unspecified atom stereocenters. The summed E-state index contributed by atoms with van der Waals surface area (Å²) < 4.78 is 0. The molecule has 1 nitrogen and oxygen atoms in total. The minimum Gasteiger partial charge on any atom is -0.289 e. The summed E-state index contributed by atoms with van der Waals surface area (Å²) in [6.45, 7) is 4.00. The Balaban J connectivity index is 2.51. The molecule has 0 radical (unpaired) electrons. The highest BCUT2D eigenvalue weighted by molar-refractivity contribution is 6.32. The first-order valence-corrected chi connectivity index (χ1v) is 6.40. The number of benzene rings is 2. The lowest BCUT2D eigenvalue weighted by Gasteiger charge is -2.10. The molecule has 0 fully saturated rings. The summed E-state index contributed by atoms with van der Waals surface area (Å²) in [5, 5.41) is 0.645. The van der Waals surface area contributed by atoms with Gasteiger partial charge in [-0.25, -0.2) is 0 Å². The number of rotatable bonds is 3. The number of carbonyl (C=O) groups excluding carboxylic acids is 1. The summed E-state index contributed by atoms with van der Waals surface area (Å²) in [6, 6.07) is 13.1. The second-order valence-electron chi connectivity index (χ2n) is 4.31. The van der Waals surface area contributed by atoms with E-state index in [1.165, 1.54) is 0 Å². The van der Waals surface area contributed by atoms with Crippen molar-refractivity contribution in [2.45, 2.75) is 20.3 Å². The van der Waals surface area contributed by atoms with E-state index in [1.54, 1.807) is 6.07 Å². The molecule has 2 aromatic rings. The van der Waals surface area contributed by atoms with Gasteiger partial charge in [-0.3, -0.25) is 4.79 Å². The predicted octanol–water partition coefficient (Wildman–Crippen LogP) is 4.44. The Morgan fingerprint density at radius 2 is 1.83 bits per heavy atom. The van der Waals surface area contributed by atoms with Crippen LogP contribution in [-0.2, 0) is 6.42 Å². The second-order valence-corrected chi connectivity index (χ2v) is 4.71. The van der Waals surface area contributed by atoms with Gasteiger partial charge in [0.25, 0.3) is 0 Å². The van der Waals surface area contributed by atoms with Crippen LogP contribution in [0.5, 0.6) is 0 Å². The molecule has 0 aliphatic rings. The van der Waals surface area contributed by atoms with E-state index in [2.05, 4.69) is 0 Å². The minimum atomic E-state index is 0.0364. The van der Waals surface area contributed by atoms with Crippen LogP contribution >= 0.6 is 11.6 Å². The van der Waals surface area contributed by atoms with E-state index in [4.69, 9.17) is 11.6 Å². The Kier molecular flexibility index (Phi) is 3.83. The number of aryl methyl sites for hydroxylation is 2. The van der Waals surface area contributed by atoms with Crippen molar-refractivity contribution < 1.29 is 4.79 Å². The fraction of sp³-hybridized carbons (Fsp3) is 0.188. The summed E-state index contributed by atoms with van der Waals surface area (Å²) in [4.78, 5) is 12.4. The molecule has 0 bridgehead atoms. The van der Waals surface area contributed by atoms with E-state index in [9.17, 15) is 4.79 Å². The molecule has 0 saturated carbocycles. The zero-order valence-corrected chi connectivity index (χ0v) is 11.3. The summed E-state index contributed by atoms with van der Waals surface area (Å²) in [6.07, 6.45) is 0.825. The highest BCUT2D eigenvalue weighted by atomic mass is 35.5. The van der Waals surface area contributed by atoms with E-state index < -0.39 is 0 Å². The summed E-state index contributed by atoms with van der Waals surface area (Å²) in [5.41, 5.74) is 3.47. The standard InChI is InChI=1S/C16H15ClO/c1-3-12-9-11(2)15(17)10-14(12)16(18)13-7-5-4-6-8-13/h4-10H,3H2,1-2H3. The Labute approximate surface area is 112 Å². The van der Waals surface area contributed by atoms with Crippen LogP contribution in [0.15, 0.2) is 42.5 Å². The zero-order valence-electron chi connectivity index (χ0n) is 10.5. The lowest BCUT2D eigenvalue weighted by atomic mass is 9.95. The number of ketones is 1. The van der Waals surface area contributed by atoms with Gasteiger partial charge in [-0.15, -0.1) is 0 Å². The maximum Gasteiger partial charge on any atom is 0.193 e. The van der Waals surface area contributed by atoms with Gasteiger partial charge in [-0.1, -0.05) is 54.9 Å². The van der Waals surface area contributed by atoms with Crippen LogP contribution < -0.4 is 0 Å². The molecule has 0 aliphatic heterocycles. The molecular weight excluding hydrogens is 244 g/mol. The van der Waals surface area contributed by atoms with Crippen LogP contribution in [0.2, 0.25) is 5.02 Å². The third-order valence-electron chi connectivity index (χ3n) is 3.05. The van der Waals surface area contributed by atoms with Crippen molar-refractivity contribution >= 4 is 17.4 Å². The first-order valence-electron chi connectivity index (χ1n) is 6.02. The molecular formula is C16H15ClO. The molecule has 0 heterocycles. The predicted molar refractivity (Wildman–Crippen MR) is 75.4 cm³/mol. The molecule has 0 spiro atoms. The van der Waals surface area contributed by atoms with Crippen LogP contribution in [0.3, 0.4) is 0 Å². The van der Waals surface area contributed by atoms with Crippen molar-refractivity contribution in [1.29, 1.82) is 0 Å². The van der Waals surface area contributed by atoms with E-state index >= 15 is 0 Å². The number of halogens is 1. The minimum absolute atomic E-state index is 0.0364. The maximum absolute atomic E-state index is 12.4. The van der Waals surface area contributed by atoms with E-state index in [0.717, 1.165) is 17.5 Å². The Morgan fingerprint density at radius 3 is 2.44 bits per heavy atom. The van der Waals surface area contributed by atoms with E-state index in [1.807, 2.05) is 50.2 Å². The highest BCUT2D eigenvalue weighted by Gasteiger charge is 2.14. The topological polar surface area (TPSA) is 17.1 Å². The van der Waals surface area contributed by atoms with E-state index in [0.29, 0.717) is 16.1 Å². The quantitative estimate of drug-likeness (QED) is 0.744. The van der Waals surface area contributed by atoms with Gasteiger partial charge < -0.3 is 0 Å². The fourth-order valence-electron chi connectivity index (χ4n) is 1.99. The molecule has 0 aliphatic carbocycles. The highest BCUT2D eigenvalue weighted by Crippen LogP contribution is 2.23. The SMILES string of the molecule is CCc1cc(C)c(Cl)cc1C(=O)c1ccccc1.